The van der Waals surface area contributed by atoms with Crippen LogP contribution in [-0.4, -0.2) is 47.4 Å². The highest BCUT2D eigenvalue weighted by atomic mass is 16.5. The maximum Gasteiger partial charge on any atom is 0.305 e. The molecule has 0 saturated carbocycles. The summed E-state index contributed by atoms with van der Waals surface area (Å²) in [6.45, 7) is 4.94. The Morgan fingerprint density at radius 3 is 1.12 bits per heavy atom. The number of esters is 1. The van der Waals surface area contributed by atoms with Crippen LogP contribution in [0.3, 0.4) is 0 Å². The lowest BCUT2D eigenvalue weighted by molar-refractivity contribution is -0.143. The largest absolute Gasteiger partial charge is 0.466 e. The average molecular weight is 905 g/mol. The summed E-state index contributed by atoms with van der Waals surface area (Å²) >= 11 is 0. The van der Waals surface area contributed by atoms with E-state index in [4.69, 9.17) is 4.74 Å². The molecule has 6 nitrogen and oxygen atoms in total. The predicted molar refractivity (Wildman–Crippen MR) is 278 cm³/mol. The van der Waals surface area contributed by atoms with Gasteiger partial charge in [-0.1, -0.05) is 270 Å². The fourth-order valence-electron chi connectivity index (χ4n) is 9.11. The smallest absolute Gasteiger partial charge is 0.305 e. The number of rotatable bonds is 54. The van der Waals surface area contributed by atoms with Gasteiger partial charge < -0.3 is 20.3 Å². The quantitative estimate of drug-likeness (QED) is 0.0321. The topological polar surface area (TPSA) is 95.9 Å². The summed E-state index contributed by atoms with van der Waals surface area (Å²) in [4.78, 5) is 24.5. The lowest BCUT2D eigenvalue weighted by Gasteiger charge is -2.22. The van der Waals surface area contributed by atoms with Crippen LogP contribution in [0.5, 0.6) is 0 Å². The first-order valence-corrected chi connectivity index (χ1v) is 28.9. The number of hydrogen-bond donors (Lipinski definition) is 3. The molecule has 0 fully saturated rings. The Balaban J connectivity index is 3.46. The van der Waals surface area contributed by atoms with Crippen molar-refractivity contribution >= 4 is 11.9 Å². The number of unbranched alkanes of at least 4 members (excludes halogenated alkanes) is 41. The molecule has 64 heavy (non-hydrogen) atoms. The maximum absolute atomic E-state index is 12.5. The molecule has 2 unspecified atom stereocenters. The Morgan fingerprint density at radius 2 is 0.734 bits per heavy atom. The molecule has 2 atom stereocenters. The summed E-state index contributed by atoms with van der Waals surface area (Å²) in [7, 11) is 0. The van der Waals surface area contributed by atoms with Gasteiger partial charge >= 0.3 is 5.97 Å². The van der Waals surface area contributed by atoms with Gasteiger partial charge in [0.1, 0.15) is 0 Å². The van der Waals surface area contributed by atoms with Crippen molar-refractivity contribution in [2.75, 3.05) is 13.2 Å². The monoisotopic (exact) mass is 904 g/mol. The van der Waals surface area contributed by atoms with E-state index in [1.807, 2.05) is 0 Å². The number of allylic oxidation sites excluding steroid dienone is 2. The van der Waals surface area contributed by atoms with E-state index in [2.05, 4.69) is 31.3 Å². The molecule has 0 aliphatic carbocycles. The van der Waals surface area contributed by atoms with Crippen LogP contribution in [0.25, 0.3) is 0 Å². The highest BCUT2D eigenvalue weighted by Crippen LogP contribution is 2.17. The number of hydrogen-bond acceptors (Lipinski definition) is 5. The minimum absolute atomic E-state index is 0.00752. The Kier molecular flexibility index (Phi) is 53.0. The van der Waals surface area contributed by atoms with Crippen LogP contribution in [0, 0.1) is 0 Å². The lowest BCUT2D eigenvalue weighted by atomic mass is 10.0. The van der Waals surface area contributed by atoms with Crippen molar-refractivity contribution in [2.45, 2.75) is 334 Å². The van der Waals surface area contributed by atoms with E-state index in [0.717, 1.165) is 70.6 Å². The Hall–Kier alpha value is -1.40. The van der Waals surface area contributed by atoms with Gasteiger partial charge in [-0.25, -0.2) is 0 Å². The highest BCUT2D eigenvalue weighted by molar-refractivity contribution is 5.76. The minimum atomic E-state index is -0.680. The van der Waals surface area contributed by atoms with E-state index in [0.29, 0.717) is 25.9 Å². The van der Waals surface area contributed by atoms with Crippen molar-refractivity contribution in [1.29, 1.82) is 0 Å². The van der Waals surface area contributed by atoms with Gasteiger partial charge in [-0.15, -0.1) is 0 Å². The van der Waals surface area contributed by atoms with Crippen molar-refractivity contribution in [3.63, 3.8) is 0 Å². The number of carbonyl (C=O) groups is 2. The molecular weight excluding hydrogens is 791 g/mol. The van der Waals surface area contributed by atoms with Gasteiger partial charge in [0.25, 0.3) is 0 Å². The van der Waals surface area contributed by atoms with Crippen molar-refractivity contribution < 1.29 is 24.5 Å². The number of carbonyl (C=O) groups excluding carboxylic acids is 2. The molecule has 0 aromatic carbocycles. The van der Waals surface area contributed by atoms with Crippen LogP contribution in [0.15, 0.2) is 12.2 Å². The summed E-state index contributed by atoms with van der Waals surface area (Å²) in [6.07, 6.45) is 63.4. The van der Waals surface area contributed by atoms with Gasteiger partial charge in [-0.3, -0.25) is 9.59 Å². The SMILES string of the molecule is CCCCCCCCCCCCCCCCCCCCC(=O)OCCCCCCCC/C=C\CCCCCC(=O)NC(CO)C(O)CCCCCCCCCCCCCCCCCC. The first-order valence-electron chi connectivity index (χ1n) is 28.9. The minimum Gasteiger partial charge on any atom is -0.466 e. The molecule has 1 amide bonds. The standard InChI is InChI=1S/C58H113NO5/c1-3-5-7-9-11-13-15-17-19-21-22-24-28-32-36-40-44-48-52-58(63)64-53-49-45-41-37-33-29-25-27-31-35-39-43-47-51-57(62)59-55(54-60)56(61)50-46-42-38-34-30-26-23-20-18-16-14-12-10-8-6-4-2/h27,31,55-56,60-61H,3-26,28-30,32-54H2,1-2H3,(H,59,62)/b31-27-. The summed E-state index contributed by atoms with van der Waals surface area (Å²) < 4.78 is 5.48. The molecule has 0 heterocycles. The Labute approximate surface area is 399 Å². The molecule has 0 rings (SSSR count). The van der Waals surface area contributed by atoms with Gasteiger partial charge in [0.15, 0.2) is 0 Å². The van der Waals surface area contributed by atoms with Crippen LogP contribution in [0.4, 0.5) is 0 Å². The van der Waals surface area contributed by atoms with Crippen molar-refractivity contribution in [1.82, 2.24) is 5.32 Å². The number of nitrogens with one attached hydrogen (secondary N) is 1. The molecule has 6 heteroatoms. The third-order valence-corrected chi connectivity index (χ3v) is 13.6. The average Bonchev–Trinajstić information content (AvgIpc) is 3.29. The van der Waals surface area contributed by atoms with Crippen LogP contribution in [-0.2, 0) is 14.3 Å². The molecular formula is C58H113NO5. The number of amides is 1. The molecule has 0 radical (unpaired) electrons. The normalized spacial score (nSPS) is 12.6. The van der Waals surface area contributed by atoms with Gasteiger partial charge in [-0.05, 0) is 51.4 Å². The third kappa shape index (κ3) is 50.0. The molecule has 380 valence electrons. The Bertz CT molecular complexity index is 955. The van der Waals surface area contributed by atoms with Crippen LogP contribution in [0.1, 0.15) is 322 Å². The maximum atomic E-state index is 12.5. The molecule has 0 saturated heterocycles. The van der Waals surface area contributed by atoms with E-state index in [1.165, 1.54) is 218 Å². The summed E-state index contributed by atoms with van der Waals surface area (Å²) in [5.41, 5.74) is 0. The van der Waals surface area contributed by atoms with Crippen LogP contribution >= 0.6 is 0 Å². The fraction of sp³-hybridized carbons (Fsp3) is 0.931. The zero-order valence-corrected chi connectivity index (χ0v) is 43.3. The van der Waals surface area contributed by atoms with Crippen molar-refractivity contribution in [3.8, 4) is 0 Å². The van der Waals surface area contributed by atoms with Crippen molar-refractivity contribution in [2.24, 2.45) is 0 Å². The molecule has 0 aromatic rings. The van der Waals surface area contributed by atoms with Gasteiger partial charge in [0.2, 0.25) is 5.91 Å². The summed E-state index contributed by atoms with van der Waals surface area (Å²) in [6, 6.07) is -0.561. The predicted octanol–water partition coefficient (Wildman–Crippen LogP) is 17.7. The van der Waals surface area contributed by atoms with Gasteiger partial charge in [-0.2, -0.15) is 0 Å². The number of aliphatic hydroxyl groups excluding tert-OH is 2. The van der Waals surface area contributed by atoms with Crippen LogP contribution in [0.2, 0.25) is 0 Å². The molecule has 0 aliphatic rings. The Morgan fingerprint density at radius 1 is 0.422 bits per heavy atom. The second-order valence-corrected chi connectivity index (χ2v) is 20.0. The van der Waals surface area contributed by atoms with E-state index in [1.54, 1.807) is 0 Å². The molecule has 0 aliphatic heterocycles. The number of ether oxygens (including phenoxy) is 1. The zero-order chi connectivity index (χ0) is 46.5. The van der Waals surface area contributed by atoms with Crippen molar-refractivity contribution in [3.05, 3.63) is 12.2 Å². The first-order chi connectivity index (χ1) is 31.5. The van der Waals surface area contributed by atoms with E-state index < -0.39 is 12.1 Å². The zero-order valence-electron chi connectivity index (χ0n) is 43.3. The second kappa shape index (κ2) is 54.2. The van der Waals surface area contributed by atoms with Gasteiger partial charge in [0, 0.05) is 12.8 Å². The van der Waals surface area contributed by atoms with E-state index in [-0.39, 0.29) is 18.5 Å². The fourth-order valence-corrected chi connectivity index (χ4v) is 9.11. The molecule has 0 spiro atoms. The summed E-state index contributed by atoms with van der Waals surface area (Å²) in [5, 5.41) is 23.2. The second-order valence-electron chi connectivity index (χ2n) is 20.0. The summed E-state index contributed by atoms with van der Waals surface area (Å²) in [5.74, 6) is -0.0699. The van der Waals surface area contributed by atoms with Gasteiger partial charge in [0.05, 0.1) is 25.4 Å². The first kappa shape index (κ1) is 62.6. The highest BCUT2D eigenvalue weighted by Gasteiger charge is 2.20. The third-order valence-electron chi connectivity index (χ3n) is 13.6. The molecule has 0 aromatic heterocycles. The lowest BCUT2D eigenvalue weighted by Crippen LogP contribution is -2.45. The van der Waals surface area contributed by atoms with E-state index in [9.17, 15) is 19.8 Å². The molecule has 3 N–H and O–H groups in total. The molecule has 0 bridgehead atoms. The van der Waals surface area contributed by atoms with E-state index >= 15 is 0 Å². The number of aliphatic hydroxyl groups is 2. The van der Waals surface area contributed by atoms with Crippen LogP contribution < -0.4 is 5.32 Å².